The van der Waals surface area contributed by atoms with Crippen molar-refractivity contribution in [2.75, 3.05) is 13.1 Å². The first-order valence-corrected chi connectivity index (χ1v) is 6.57. The number of nitrogens with zero attached hydrogens (tertiary/aromatic N) is 1. The first-order valence-electron chi connectivity index (χ1n) is 6.57. The van der Waals surface area contributed by atoms with Crippen molar-refractivity contribution in [2.45, 2.75) is 13.8 Å². The van der Waals surface area contributed by atoms with E-state index in [1.165, 1.54) is 0 Å². The van der Waals surface area contributed by atoms with E-state index in [-0.39, 0.29) is 17.7 Å². The molecule has 6 heteroatoms. The summed E-state index contributed by atoms with van der Waals surface area (Å²) in [7, 11) is 0. The number of hydrogen-bond donors (Lipinski definition) is 3. The van der Waals surface area contributed by atoms with Crippen LogP contribution in [0.5, 0.6) is 0 Å². The van der Waals surface area contributed by atoms with E-state index in [4.69, 9.17) is 0 Å². The molecule has 0 saturated carbocycles. The molecule has 0 saturated heterocycles. The molecule has 0 spiro atoms. The third-order valence-corrected chi connectivity index (χ3v) is 2.92. The van der Waals surface area contributed by atoms with Gasteiger partial charge in [-0.2, -0.15) is 0 Å². The molecule has 0 aliphatic rings. The van der Waals surface area contributed by atoms with Crippen LogP contribution in [0.15, 0.2) is 24.5 Å². The fourth-order valence-electron chi connectivity index (χ4n) is 1.74. The number of H-pyrrole nitrogens is 1. The van der Waals surface area contributed by atoms with E-state index in [1.807, 2.05) is 13.8 Å². The first-order chi connectivity index (χ1) is 9.58. The molecule has 0 atom stereocenters. The molecule has 1 heterocycles. The van der Waals surface area contributed by atoms with Crippen LogP contribution < -0.4 is 10.6 Å². The Kier molecular flexibility index (Phi) is 4.34. The Bertz CT molecular complexity index is 618. The van der Waals surface area contributed by atoms with E-state index >= 15 is 0 Å². The van der Waals surface area contributed by atoms with Gasteiger partial charge in [0.2, 0.25) is 5.91 Å². The van der Waals surface area contributed by atoms with Crippen molar-refractivity contribution in [3.05, 3.63) is 30.1 Å². The number of hydrogen-bond acceptors (Lipinski definition) is 3. The number of benzene rings is 1. The Morgan fingerprint density at radius 3 is 2.75 bits per heavy atom. The lowest BCUT2D eigenvalue weighted by Crippen LogP contribution is -2.36. The van der Waals surface area contributed by atoms with Gasteiger partial charge in [0.1, 0.15) is 0 Å². The molecule has 106 valence electrons. The minimum absolute atomic E-state index is 0.0156. The second-order valence-corrected chi connectivity index (χ2v) is 4.84. The Morgan fingerprint density at radius 1 is 1.25 bits per heavy atom. The fraction of sp³-hybridized carbons (Fsp3) is 0.357. The standard InChI is InChI=1S/C14H18N4O2/c1-9(2)13(19)15-5-6-16-14(20)10-3-4-11-12(7-10)18-8-17-11/h3-4,7-9H,5-6H2,1-2H3,(H,15,19)(H,16,20)(H,17,18). The molecule has 2 rings (SSSR count). The van der Waals surface area contributed by atoms with Gasteiger partial charge in [0.05, 0.1) is 17.4 Å². The molecule has 2 amide bonds. The van der Waals surface area contributed by atoms with Crippen molar-refractivity contribution in [3.8, 4) is 0 Å². The lowest BCUT2D eigenvalue weighted by Gasteiger charge is -2.08. The number of imidazole rings is 1. The molecule has 6 nitrogen and oxygen atoms in total. The minimum Gasteiger partial charge on any atom is -0.354 e. The Balaban J connectivity index is 1.84. The number of carbonyl (C=O) groups excluding carboxylic acids is 2. The highest BCUT2D eigenvalue weighted by molar-refractivity contribution is 5.97. The van der Waals surface area contributed by atoms with Gasteiger partial charge < -0.3 is 15.6 Å². The highest BCUT2D eigenvalue weighted by atomic mass is 16.2. The van der Waals surface area contributed by atoms with Crippen LogP contribution in [0, 0.1) is 5.92 Å². The van der Waals surface area contributed by atoms with Crippen molar-refractivity contribution in [1.29, 1.82) is 0 Å². The third-order valence-electron chi connectivity index (χ3n) is 2.92. The fourth-order valence-corrected chi connectivity index (χ4v) is 1.74. The molecule has 0 aliphatic carbocycles. The molecule has 0 radical (unpaired) electrons. The van der Waals surface area contributed by atoms with Crippen LogP contribution in [0.3, 0.4) is 0 Å². The number of amides is 2. The average Bonchev–Trinajstić information content (AvgIpc) is 2.90. The zero-order valence-corrected chi connectivity index (χ0v) is 11.6. The molecule has 0 unspecified atom stereocenters. The van der Waals surface area contributed by atoms with E-state index in [9.17, 15) is 9.59 Å². The minimum atomic E-state index is -0.166. The van der Waals surface area contributed by atoms with Crippen LogP contribution in [0.2, 0.25) is 0 Å². The SMILES string of the molecule is CC(C)C(=O)NCCNC(=O)c1ccc2nc[nH]c2c1. The van der Waals surface area contributed by atoms with Crippen LogP contribution in [0.1, 0.15) is 24.2 Å². The molecule has 0 aliphatic heterocycles. The van der Waals surface area contributed by atoms with E-state index in [0.717, 1.165) is 11.0 Å². The van der Waals surface area contributed by atoms with E-state index in [1.54, 1.807) is 24.5 Å². The van der Waals surface area contributed by atoms with Gasteiger partial charge in [-0.15, -0.1) is 0 Å². The molecular weight excluding hydrogens is 256 g/mol. The van der Waals surface area contributed by atoms with Gasteiger partial charge in [0.25, 0.3) is 5.91 Å². The summed E-state index contributed by atoms with van der Waals surface area (Å²) in [5.74, 6) is -0.230. The molecule has 2 aromatic rings. The van der Waals surface area contributed by atoms with Gasteiger partial charge in [-0.25, -0.2) is 4.98 Å². The highest BCUT2D eigenvalue weighted by Gasteiger charge is 2.08. The smallest absolute Gasteiger partial charge is 0.251 e. The Labute approximate surface area is 117 Å². The number of carbonyl (C=O) groups is 2. The Morgan fingerprint density at radius 2 is 2.00 bits per heavy atom. The van der Waals surface area contributed by atoms with Crippen molar-refractivity contribution in [1.82, 2.24) is 20.6 Å². The van der Waals surface area contributed by atoms with Crippen LogP contribution >= 0.6 is 0 Å². The number of fused-ring (bicyclic) bond motifs is 1. The van der Waals surface area contributed by atoms with Crippen LogP contribution in [0.25, 0.3) is 11.0 Å². The number of aromatic amines is 1. The number of nitrogens with one attached hydrogen (secondary N) is 3. The van der Waals surface area contributed by atoms with Gasteiger partial charge in [0, 0.05) is 24.6 Å². The van der Waals surface area contributed by atoms with E-state index in [2.05, 4.69) is 20.6 Å². The van der Waals surface area contributed by atoms with Gasteiger partial charge in [-0.3, -0.25) is 9.59 Å². The highest BCUT2D eigenvalue weighted by Crippen LogP contribution is 2.11. The molecule has 20 heavy (non-hydrogen) atoms. The largest absolute Gasteiger partial charge is 0.354 e. The molecular formula is C14H18N4O2. The zero-order valence-electron chi connectivity index (χ0n) is 11.6. The van der Waals surface area contributed by atoms with Gasteiger partial charge in [-0.05, 0) is 18.2 Å². The second kappa shape index (κ2) is 6.18. The maximum absolute atomic E-state index is 11.9. The quantitative estimate of drug-likeness (QED) is 0.713. The summed E-state index contributed by atoms with van der Waals surface area (Å²) < 4.78 is 0. The van der Waals surface area contributed by atoms with Crippen molar-refractivity contribution >= 4 is 22.8 Å². The molecule has 3 N–H and O–H groups in total. The number of rotatable bonds is 5. The van der Waals surface area contributed by atoms with Crippen LogP contribution in [0.4, 0.5) is 0 Å². The predicted molar refractivity (Wildman–Crippen MR) is 76.3 cm³/mol. The van der Waals surface area contributed by atoms with Crippen LogP contribution in [-0.2, 0) is 4.79 Å². The molecule has 0 bridgehead atoms. The van der Waals surface area contributed by atoms with E-state index in [0.29, 0.717) is 18.7 Å². The molecule has 1 aromatic heterocycles. The first kappa shape index (κ1) is 14.0. The monoisotopic (exact) mass is 274 g/mol. The summed E-state index contributed by atoms with van der Waals surface area (Å²) in [6, 6.07) is 5.27. The topological polar surface area (TPSA) is 86.9 Å². The normalized spacial score (nSPS) is 10.8. The summed E-state index contributed by atoms with van der Waals surface area (Å²) in [6.45, 7) is 4.48. The maximum atomic E-state index is 11.9. The van der Waals surface area contributed by atoms with Crippen molar-refractivity contribution in [3.63, 3.8) is 0 Å². The van der Waals surface area contributed by atoms with E-state index < -0.39 is 0 Å². The molecule has 1 aromatic carbocycles. The second-order valence-electron chi connectivity index (χ2n) is 4.84. The lowest BCUT2D eigenvalue weighted by atomic mass is 10.2. The summed E-state index contributed by atoms with van der Waals surface area (Å²) in [6.07, 6.45) is 1.59. The van der Waals surface area contributed by atoms with Gasteiger partial charge in [0.15, 0.2) is 0 Å². The summed E-state index contributed by atoms with van der Waals surface area (Å²) in [5.41, 5.74) is 2.22. The van der Waals surface area contributed by atoms with Gasteiger partial charge in [-0.1, -0.05) is 13.8 Å². The third kappa shape index (κ3) is 3.34. The van der Waals surface area contributed by atoms with Crippen LogP contribution in [-0.4, -0.2) is 34.9 Å². The number of aromatic nitrogens is 2. The summed E-state index contributed by atoms with van der Waals surface area (Å²) >= 11 is 0. The summed E-state index contributed by atoms with van der Waals surface area (Å²) in [5, 5.41) is 5.51. The van der Waals surface area contributed by atoms with Crippen molar-refractivity contribution in [2.24, 2.45) is 5.92 Å². The lowest BCUT2D eigenvalue weighted by molar-refractivity contribution is -0.123. The zero-order chi connectivity index (χ0) is 14.5. The maximum Gasteiger partial charge on any atom is 0.251 e. The Hall–Kier alpha value is -2.37. The average molecular weight is 274 g/mol. The predicted octanol–water partition coefficient (Wildman–Crippen LogP) is 1.06. The summed E-state index contributed by atoms with van der Waals surface area (Å²) in [4.78, 5) is 30.3. The van der Waals surface area contributed by atoms with Gasteiger partial charge >= 0.3 is 0 Å². The molecule has 0 fully saturated rings. The van der Waals surface area contributed by atoms with Crippen molar-refractivity contribution < 1.29 is 9.59 Å².